The molecule has 0 aliphatic carbocycles. The summed E-state index contributed by atoms with van der Waals surface area (Å²) in [5.41, 5.74) is 3.52. The highest BCUT2D eigenvalue weighted by molar-refractivity contribution is 7.78. The van der Waals surface area contributed by atoms with E-state index < -0.39 is 7.26 Å². The van der Waals surface area contributed by atoms with Crippen LogP contribution in [0.1, 0.15) is 43.9 Å². The molecule has 0 aliphatic heterocycles. The number of benzene rings is 2. The molecule has 0 fully saturated rings. The number of hydrogen-bond donors (Lipinski definition) is 1. The molecule has 1 atom stereocenters. The lowest BCUT2D eigenvalue weighted by Crippen LogP contribution is -2.35. The van der Waals surface area contributed by atoms with Crippen molar-refractivity contribution in [2.45, 2.75) is 53.3 Å². The summed E-state index contributed by atoms with van der Waals surface area (Å²) in [5, 5.41) is 3.17. The van der Waals surface area contributed by atoms with Gasteiger partial charge in [-0.15, -0.1) is 0 Å². The van der Waals surface area contributed by atoms with Crippen molar-refractivity contribution in [1.29, 1.82) is 0 Å². The van der Waals surface area contributed by atoms with Gasteiger partial charge in [-0.25, -0.2) is 4.79 Å². The number of carbonyl (C=O) groups is 2. The Kier molecular flexibility index (Phi) is 9.71. The van der Waals surface area contributed by atoms with Crippen molar-refractivity contribution < 1.29 is 19.1 Å². The zero-order valence-corrected chi connectivity index (χ0v) is 21.1. The second-order valence-electron chi connectivity index (χ2n) is 8.20. The maximum absolute atomic E-state index is 13.5. The summed E-state index contributed by atoms with van der Waals surface area (Å²) in [5.74, 6) is 0.556. The Hall–Kier alpha value is -2.39. The van der Waals surface area contributed by atoms with Crippen LogP contribution in [0.4, 0.5) is 5.69 Å². The molecule has 5 nitrogen and oxygen atoms in total. The lowest BCUT2D eigenvalue weighted by Gasteiger charge is -2.31. The average Bonchev–Trinajstić information content (AvgIpc) is 2.80. The normalized spacial score (nSPS) is 12.2. The zero-order valence-electron chi connectivity index (χ0n) is 20.2. The third-order valence-corrected chi connectivity index (χ3v) is 11.6. The van der Waals surface area contributed by atoms with Gasteiger partial charge in [0.15, 0.2) is 6.16 Å². The van der Waals surface area contributed by atoms with E-state index in [0.717, 1.165) is 40.5 Å². The van der Waals surface area contributed by atoms with E-state index in [1.54, 1.807) is 7.11 Å². The molecule has 0 aliphatic rings. The van der Waals surface area contributed by atoms with Crippen molar-refractivity contribution in [2.24, 2.45) is 0 Å². The Labute approximate surface area is 193 Å². The summed E-state index contributed by atoms with van der Waals surface area (Å²) >= 11 is 0. The maximum atomic E-state index is 13.5. The van der Waals surface area contributed by atoms with E-state index in [9.17, 15) is 9.59 Å². The Balaban J connectivity index is 2.18. The zero-order chi connectivity index (χ0) is 23.7. The molecule has 1 amide bonds. The lowest BCUT2D eigenvalue weighted by atomic mass is 10.1. The Bertz CT molecular complexity index is 886. The first-order valence-electron chi connectivity index (χ1n) is 11.3. The summed E-state index contributed by atoms with van der Waals surface area (Å²) in [4.78, 5) is 26.3. The van der Waals surface area contributed by atoms with Crippen LogP contribution in [0.3, 0.4) is 0 Å². The molecule has 1 N–H and O–H groups in total. The van der Waals surface area contributed by atoms with Gasteiger partial charge in [0.1, 0.15) is 18.0 Å². The number of amides is 1. The predicted molar refractivity (Wildman–Crippen MR) is 134 cm³/mol. The summed E-state index contributed by atoms with van der Waals surface area (Å²) in [6, 6.07) is 13.5. The van der Waals surface area contributed by atoms with E-state index in [-0.39, 0.29) is 24.1 Å². The van der Waals surface area contributed by atoms with E-state index in [2.05, 4.69) is 19.2 Å². The number of hydrogen-bond acceptors (Lipinski definition) is 4. The van der Waals surface area contributed by atoms with Crippen molar-refractivity contribution in [3.8, 4) is 5.75 Å². The molecular weight excluding hydrogens is 421 g/mol. The molecule has 2 aromatic rings. The van der Waals surface area contributed by atoms with Gasteiger partial charge in [-0.1, -0.05) is 37.3 Å². The van der Waals surface area contributed by atoms with Crippen molar-refractivity contribution in [3.63, 3.8) is 0 Å². The molecule has 1 unspecified atom stereocenters. The third-order valence-electron chi connectivity index (χ3n) is 6.29. The first kappa shape index (κ1) is 25.9. The van der Waals surface area contributed by atoms with Gasteiger partial charge >= 0.3 is 5.97 Å². The number of nitrogens with one attached hydrogen (secondary N) is 1. The van der Waals surface area contributed by atoms with Crippen LogP contribution in [0, 0.1) is 13.8 Å². The van der Waals surface area contributed by atoms with Gasteiger partial charge in [-0.05, 0) is 62.9 Å². The number of aryl methyl sites for hydroxylation is 2. The number of methoxy groups -OCH3 is 1. The number of esters is 1. The molecule has 0 aromatic heterocycles. The molecule has 0 saturated carbocycles. The molecular formula is C26H37NO4P+. The van der Waals surface area contributed by atoms with Gasteiger partial charge < -0.3 is 14.8 Å². The van der Waals surface area contributed by atoms with Gasteiger partial charge in [0, 0.05) is 12.9 Å². The van der Waals surface area contributed by atoms with E-state index in [1.165, 1.54) is 0 Å². The van der Waals surface area contributed by atoms with Crippen LogP contribution in [0.5, 0.6) is 5.75 Å². The quantitative estimate of drug-likeness (QED) is 0.340. The molecule has 0 bridgehead atoms. The SMILES string of the molecule is CCC(C(=O)Nc1c(C)cc(OC)cc1C)[P+](CC)(CC)CC(=O)OCc1ccccc1. The monoisotopic (exact) mass is 458 g/mol. The van der Waals surface area contributed by atoms with E-state index in [0.29, 0.717) is 12.6 Å². The summed E-state index contributed by atoms with van der Waals surface area (Å²) in [7, 11) is -0.259. The highest BCUT2D eigenvalue weighted by Crippen LogP contribution is 2.63. The second kappa shape index (κ2) is 12.0. The van der Waals surface area contributed by atoms with E-state index >= 15 is 0 Å². The summed E-state index contributed by atoms with van der Waals surface area (Å²) in [6.45, 7) is 10.4. The minimum Gasteiger partial charge on any atom is -0.497 e. The molecule has 2 aromatic carbocycles. The molecule has 0 spiro atoms. The minimum absolute atomic E-state index is 0.00300. The lowest BCUT2D eigenvalue weighted by molar-refractivity contribution is -0.141. The molecule has 0 heterocycles. The number of anilines is 1. The molecule has 2 rings (SSSR count). The smallest absolute Gasteiger partial charge is 0.344 e. The van der Waals surface area contributed by atoms with Gasteiger partial charge in [0.25, 0.3) is 5.91 Å². The first-order valence-corrected chi connectivity index (χ1v) is 13.7. The van der Waals surface area contributed by atoms with Gasteiger partial charge in [-0.3, -0.25) is 4.79 Å². The van der Waals surface area contributed by atoms with Gasteiger partial charge in [0.05, 0.1) is 19.4 Å². The van der Waals surface area contributed by atoms with Crippen molar-refractivity contribution in [2.75, 3.05) is 30.9 Å². The first-order chi connectivity index (χ1) is 15.3. The second-order valence-corrected chi connectivity index (χ2v) is 12.8. The fourth-order valence-electron chi connectivity index (χ4n) is 4.31. The van der Waals surface area contributed by atoms with Crippen LogP contribution in [0.2, 0.25) is 0 Å². The van der Waals surface area contributed by atoms with Crippen molar-refractivity contribution in [3.05, 3.63) is 59.2 Å². The number of rotatable bonds is 11. The molecule has 0 saturated heterocycles. The van der Waals surface area contributed by atoms with Crippen molar-refractivity contribution >= 4 is 24.8 Å². The average molecular weight is 459 g/mol. The number of carbonyl (C=O) groups excluding carboxylic acids is 2. The van der Waals surface area contributed by atoms with Gasteiger partial charge in [0.2, 0.25) is 0 Å². The van der Waals surface area contributed by atoms with E-state index in [4.69, 9.17) is 9.47 Å². The molecule has 32 heavy (non-hydrogen) atoms. The molecule has 0 radical (unpaired) electrons. The number of ether oxygens (including phenoxy) is 2. The minimum atomic E-state index is -1.90. The summed E-state index contributed by atoms with van der Waals surface area (Å²) in [6.07, 6.45) is 2.69. The fourth-order valence-corrected chi connectivity index (χ4v) is 8.24. The Morgan fingerprint density at radius 1 is 1.00 bits per heavy atom. The Morgan fingerprint density at radius 3 is 2.09 bits per heavy atom. The molecule has 6 heteroatoms. The van der Waals surface area contributed by atoms with E-state index in [1.807, 2.05) is 63.2 Å². The van der Waals surface area contributed by atoms with Crippen LogP contribution in [-0.2, 0) is 20.9 Å². The van der Waals surface area contributed by atoms with Crippen LogP contribution in [0.15, 0.2) is 42.5 Å². The topological polar surface area (TPSA) is 64.6 Å². The maximum Gasteiger partial charge on any atom is 0.344 e. The third kappa shape index (κ3) is 6.32. The standard InChI is InChI=1S/C26H36NO4P/c1-7-23(26(29)27-25-19(4)15-22(30-6)16-20(25)5)32(8-2,9-3)18-24(28)31-17-21-13-11-10-12-14-21/h10-16,23H,7-9,17-18H2,1-6H3/p+1. The molecule has 174 valence electrons. The van der Waals surface area contributed by atoms with Crippen LogP contribution in [-0.4, -0.2) is 43.1 Å². The van der Waals surface area contributed by atoms with Crippen LogP contribution in [0.25, 0.3) is 0 Å². The highest BCUT2D eigenvalue weighted by atomic mass is 31.2. The van der Waals surface area contributed by atoms with Crippen molar-refractivity contribution in [1.82, 2.24) is 0 Å². The summed E-state index contributed by atoms with van der Waals surface area (Å²) < 4.78 is 10.9. The van der Waals surface area contributed by atoms with Crippen LogP contribution < -0.4 is 10.1 Å². The largest absolute Gasteiger partial charge is 0.497 e. The highest BCUT2D eigenvalue weighted by Gasteiger charge is 2.48. The Morgan fingerprint density at radius 2 is 1.59 bits per heavy atom. The fraction of sp³-hybridized carbons (Fsp3) is 0.462. The van der Waals surface area contributed by atoms with Crippen LogP contribution >= 0.6 is 7.26 Å². The predicted octanol–water partition coefficient (Wildman–Crippen LogP) is 5.83. The van der Waals surface area contributed by atoms with Gasteiger partial charge in [-0.2, -0.15) is 0 Å².